The molecule has 0 aliphatic rings. The van der Waals surface area contributed by atoms with Gasteiger partial charge >= 0.3 is 0 Å². The highest BCUT2D eigenvalue weighted by molar-refractivity contribution is 5.82. The Morgan fingerprint density at radius 2 is 2.20 bits per heavy atom. The van der Waals surface area contributed by atoms with E-state index in [9.17, 15) is 23.7 Å². The van der Waals surface area contributed by atoms with Crippen LogP contribution in [0, 0.1) is 17.0 Å². The number of nitro groups is 1. The van der Waals surface area contributed by atoms with Gasteiger partial charge in [-0.3, -0.25) is 19.9 Å². The Hall–Kier alpha value is -1.92. The summed E-state index contributed by atoms with van der Waals surface area (Å²) in [5, 5.41) is 10.5. The number of nitrogens with zero attached hydrogens (tertiary/aromatic N) is 2. The Bertz CT molecular complexity index is 421. The molecule has 0 aliphatic carbocycles. The molecule has 0 amide bonds. The van der Waals surface area contributed by atoms with Crippen molar-refractivity contribution in [2.24, 2.45) is 0 Å². The third-order valence-corrected chi connectivity index (χ3v) is 1.84. The summed E-state index contributed by atoms with van der Waals surface area (Å²) in [6, 6.07) is 0. The molecule has 0 radical (unpaired) electrons. The minimum atomic E-state index is -3.03. The second-order valence-corrected chi connectivity index (χ2v) is 2.74. The molecule has 1 heterocycles. The second-order valence-electron chi connectivity index (χ2n) is 2.74. The lowest BCUT2D eigenvalue weighted by Gasteiger charge is -2.05. The Morgan fingerprint density at radius 1 is 1.60 bits per heavy atom. The summed E-state index contributed by atoms with van der Waals surface area (Å²) in [4.78, 5) is 23.5. The predicted octanol–water partition coefficient (Wildman–Crippen LogP) is 2.05. The van der Waals surface area contributed by atoms with Crippen LogP contribution >= 0.6 is 0 Å². The van der Waals surface area contributed by atoms with E-state index in [0.717, 1.165) is 6.20 Å². The molecule has 15 heavy (non-hydrogen) atoms. The molecule has 0 aromatic carbocycles. The third kappa shape index (κ3) is 1.95. The number of hydrogen-bond acceptors (Lipinski definition) is 4. The topological polar surface area (TPSA) is 73.1 Å². The predicted molar refractivity (Wildman–Crippen MR) is 46.0 cm³/mol. The Labute approximate surface area is 82.9 Å². The van der Waals surface area contributed by atoms with E-state index in [-0.39, 0.29) is 12.0 Å². The summed E-state index contributed by atoms with van der Waals surface area (Å²) in [6.45, 7) is 1.23. The molecule has 0 saturated heterocycles. The van der Waals surface area contributed by atoms with Gasteiger partial charge in [0.15, 0.2) is 6.29 Å². The monoisotopic (exact) mass is 216 g/mol. The lowest BCUT2D eigenvalue weighted by Crippen LogP contribution is -2.04. The molecule has 80 valence electrons. The fourth-order valence-electron chi connectivity index (χ4n) is 1.18. The van der Waals surface area contributed by atoms with Crippen molar-refractivity contribution in [3.8, 4) is 0 Å². The van der Waals surface area contributed by atoms with Gasteiger partial charge in [-0.1, -0.05) is 0 Å². The molecule has 0 aliphatic heterocycles. The Kier molecular flexibility index (Phi) is 3.03. The Balaban J connectivity index is 3.58. The van der Waals surface area contributed by atoms with Crippen LogP contribution in [0.3, 0.4) is 0 Å². The van der Waals surface area contributed by atoms with Gasteiger partial charge in [-0.2, -0.15) is 0 Å². The van der Waals surface area contributed by atoms with Crippen molar-refractivity contribution >= 4 is 12.0 Å². The maximum absolute atomic E-state index is 12.5. The highest BCUT2D eigenvalue weighted by Crippen LogP contribution is 2.32. The van der Waals surface area contributed by atoms with Crippen LogP contribution in [0.1, 0.15) is 28.0 Å². The molecule has 0 spiro atoms. The van der Waals surface area contributed by atoms with E-state index in [1.807, 2.05) is 0 Å². The molecule has 1 aromatic heterocycles. The van der Waals surface area contributed by atoms with Crippen molar-refractivity contribution < 1.29 is 18.5 Å². The van der Waals surface area contributed by atoms with Gasteiger partial charge in [0.1, 0.15) is 11.1 Å². The van der Waals surface area contributed by atoms with E-state index in [0.29, 0.717) is 0 Å². The maximum Gasteiger partial charge on any atom is 0.292 e. The van der Waals surface area contributed by atoms with E-state index >= 15 is 0 Å². The van der Waals surface area contributed by atoms with Gasteiger partial charge in [0.05, 0.1) is 10.6 Å². The molecule has 7 heteroatoms. The van der Waals surface area contributed by atoms with Crippen LogP contribution in [0.4, 0.5) is 14.5 Å². The number of aldehydes is 1. The maximum atomic E-state index is 12.5. The highest BCUT2D eigenvalue weighted by atomic mass is 19.3. The SMILES string of the molecule is Cc1ncc(C=O)c([N+](=O)[O-])c1C(F)F. The zero-order chi connectivity index (χ0) is 11.6. The number of hydrogen-bond donors (Lipinski definition) is 0. The molecule has 0 saturated carbocycles. The molecule has 0 bridgehead atoms. The van der Waals surface area contributed by atoms with E-state index in [1.54, 1.807) is 0 Å². The number of rotatable bonds is 3. The number of pyridine rings is 1. The lowest BCUT2D eigenvalue weighted by molar-refractivity contribution is -0.386. The summed E-state index contributed by atoms with van der Waals surface area (Å²) in [7, 11) is 0. The van der Waals surface area contributed by atoms with Gasteiger partial charge in [0.25, 0.3) is 12.1 Å². The molecule has 0 fully saturated rings. The summed E-state index contributed by atoms with van der Waals surface area (Å²) < 4.78 is 25.0. The first-order chi connectivity index (χ1) is 6.99. The first-order valence-electron chi connectivity index (χ1n) is 3.86. The highest BCUT2D eigenvalue weighted by Gasteiger charge is 2.28. The van der Waals surface area contributed by atoms with E-state index < -0.39 is 28.2 Å². The van der Waals surface area contributed by atoms with Crippen LogP contribution in [0.2, 0.25) is 0 Å². The van der Waals surface area contributed by atoms with E-state index in [2.05, 4.69) is 4.98 Å². The first kappa shape index (κ1) is 11.2. The molecule has 1 rings (SSSR count). The summed E-state index contributed by atoms with van der Waals surface area (Å²) in [6.07, 6.45) is -1.99. The van der Waals surface area contributed by atoms with Crippen molar-refractivity contribution in [2.75, 3.05) is 0 Å². The standard InChI is InChI=1S/C8H6F2N2O3/c1-4-6(8(9)10)7(12(14)15)5(3-13)2-11-4/h2-3,8H,1H3. The van der Waals surface area contributed by atoms with Crippen LogP contribution in [-0.2, 0) is 0 Å². The zero-order valence-electron chi connectivity index (χ0n) is 7.61. The lowest BCUT2D eigenvalue weighted by atomic mass is 10.1. The quantitative estimate of drug-likeness (QED) is 0.440. The molecule has 5 nitrogen and oxygen atoms in total. The van der Waals surface area contributed by atoms with Gasteiger partial charge in [-0.15, -0.1) is 0 Å². The number of carbonyl (C=O) groups excluding carboxylic acids is 1. The molecule has 0 atom stereocenters. The molecular weight excluding hydrogens is 210 g/mol. The van der Waals surface area contributed by atoms with Gasteiger partial charge in [-0.05, 0) is 6.92 Å². The first-order valence-corrected chi connectivity index (χ1v) is 3.86. The summed E-state index contributed by atoms with van der Waals surface area (Å²) in [5.41, 5.74) is -2.26. The van der Waals surface area contributed by atoms with Gasteiger partial charge in [0.2, 0.25) is 0 Å². The van der Waals surface area contributed by atoms with Crippen molar-refractivity contribution in [1.82, 2.24) is 4.98 Å². The van der Waals surface area contributed by atoms with Crippen LogP contribution in [0.15, 0.2) is 6.20 Å². The third-order valence-electron chi connectivity index (χ3n) is 1.84. The largest absolute Gasteiger partial charge is 0.298 e. The fourth-order valence-corrected chi connectivity index (χ4v) is 1.18. The second kappa shape index (κ2) is 4.07. The van der Waals surface area contributed by atoms with Crippen LogP contribution < -0.4 is 0 Å². The number of halogens is 2. The average Bonchev–Trinajstić information content (AvgIpc) is 2.16. The minimum absolute atomic E-state index is 0.135. The van der Waals surface area contributed by atoms with Gasteiger partial charge in [-0.25, -0.2) is 8.78 Å². The van der Waals surface area contributed by atoms with Gasteiger partial charge in [0, 0.05) is 6.20 Å². The van der Waals surface area contributed by atoms with Crippen LogP contribution in [0.25, 0.3) is 0 Å². The number of aryl methyl sites for hydroxylation is 1. The van der Waals surface area contributed by atoms with Crippen molar-refractivity contribution in [1.29, 1.82) is 0 Å². The van der Waals surface area contributed by atoms with Crippen molar-refractivity contribution in [2.45, 2.75) is 13.3 Å². The van der Waals surface area contributed by atoms with Crippen molar-refractivity contribution in [3.05, 3.63) is 33.1 Å². The van der Waals surface area contributed by atoms with Crippen molar-refractivity contribution in [3.63, 3.8) is 0 Å². The summed E-state index contributed by atoms with van der Waals surface area (Å²) in [5.74, 6) is 0. The minimum Gasteiger partial charge on any atom is -0.298 e. The van der Waals surface area contributed by atoms with E-state index in [1.165, 1.54) is 6.92 Å². The molecule has 0 unspecified atom stereocenters. The number of carbonyl (C=O) groups is 1. The smallest absolute Gasteiger partial charge is 0.292 e. The van der Waals surface area contributed by atoms with Crippen LogP contribution in [-0.4, -0.2) is 16.2 Å². The number of alkyl halides is 2. The Morgan fingerprint density at radius 3 is 2.60 bits per heavy atom. The molecule has 1 aromatic rings. The zero-order valence-corrected chi connectivity index (χ0v) is 7.61. The summed E-state index contributed by atoms with van der Waals surface area (Å²) >= 11 is 0. The normalized spacial score (nSPS) is 10.4. The van der Waals surface area contributed by atoms with E-state index in [4.69, 9.17) is 0 Å². The van der Waals surface area contributed by atoms with Gasteiger partial charge < -0.3 is 0 Å². The number of aromatic nitrogens is 1. The van der Waals surface area contributed by atoms with Crippen LogP contribution in [0.5, 0.6) is 0 Å². The average molecular weight is 216 g/mol. The molecule has 0 N–H and O–H groups in total. The molecular formula is C8H6F2N2O3. The fraction of sp³-hybridized carbons (Fsp3) is 0.250.